The monoisotopic (exact) mass is 265 g/mol. The van der Waals surface area contributed by atoms with E-state index < -0.39 is 0 Å². The molecule has 0 aliphatic heterocycles. The van der Waals surface area contributed by atoms with E-state index in [2.05, 4.69) is 10.4 Å². The minimum absolute atomic E-state index is 0.104. The van der Waals surface area contributed by atoms with Crippen molar-refractivity contribution in [2.24, 2.45) is 5.84 Å². The maximum atomic E-state index is 13.6. The number of nitrogens with two attached hydrogens (primary N) is 1. The Balaban J connectivity index is 2.25. The molecule has 0 bridgehead atoms. The van der Waals surface area contributed by atoms with Crippen LogP contribution in [0.1, 0.15) is 27.2 Å². The largest absolute Gasteiger partial charge is 0.271 e. The lowest BCUT2D eigenvalue weighted by molar-refractivity contribution is 0.533. The molecule has 5 heteroatoms. The van der Waals surface area contributed by atoms with E-state index in [-0.39, 0.29) is 11.9 Å². The summed E-state index contributed by atoms with van der Waals surface area (Å²) in [6.07, 6.45) is 0.519. The van der Waals surface area contributed by atoms with E-state index in [4.69, 9.17) is 5.84 Å². The molecule has 0 aliphatic rings. The topological polar surface area (TPSA) is 50.9 Å². The molecule has 0 radical (unpaired) electrons. The van der Waals surface area contributed by atoms with Gasteiger partial charge in [-0.3, -0.25) is 11.3 Å². The van der Waals surface area contributed by atoms with Gasteiger partial charge < -0.3 is 0 Å². The number of hydrogen-bond donors (Lipinski definition) is 2. The van der Waals surface area contributed by atoms with Crippen LogP contribution in [0, 0.1) is 19.7 Å². The van der Waals surface area contributed by atoms with E-state index in [9.17, 15) is 4.39 Å². The Bertz CT molecular complexity index is 539. The first-order chi connectivity index (χ1) is 8.61. The van der Waals surface area contributed by atoms with Gasteiger partial charge >= 0.3 is 0 Å². The first kappa shape index (κ1) is 13.1. The van der Waals surface area contributed by atoms with Gasteiger partial charge in [-0.15, -0.1) is 11.3 Å². The number of halogens is 1. The molecule has 18 heavy (non-hydrogen) atoms. The predicted molar refractivity (Wildman–Crippen MR) is 71.8 cm³/mol. The fraction of sp³-hybridized carbons (Fsp3) is 0.308. The average molecular weight is 265 g/mol. The summed E-state index contributed by atoms with van der Waals surface area (Å²) in [5, 5.41) is 0.997. The van der Waals surface area contributed by atoms with Crippen molar-refractivity contribution in [1.29, 1.82) is 0 Å². The van der Waals surface area contributed by atoms with Gasteiger partial charge in [-0.05, 0) is 31.9 Å². The third-order valence-corrected chi connectivity index (χ3v) is 4.03. The van der Waals surface area contributed by atoms with Crippen LogP contribution in [0.4, 0.5) is 4.39 Å². The highest BCUT2D eigenvalue weighted by atomic mass is 32.1. The van der Waals surface area contributed by atoms with E-state index in [1.54, 1.807) is 23.5 Å². The molecule has 3 nitrogen and oxygen atoms in total. The number of benzene rings is 1. The Hall–Kier alpha value is -1.30. The first-order valence-electron chi connectivity index (χ1n) is 5.75. The number of rotatable bonds is 4. The van der Waals surface area contributed by atoms with E-state index in [0.717, 1.165) is 15.6 Å². The second-order valence-corrected chi connectivity index (χ2v) is 5.43. The summed E-state index contributed by atoms with van der Waals surface area (Å²) in [7, 11) is 0. The summed E-state index contributed by atoms with van der Waals surface area (Å²) in [6.45, 7) is 3.91. The lowest BCUT2D eigenvalue weighted by atomic mass is 10.0. The van der Waals surface area contributed by atoms with Crippen LogP contribution in [0.2, 0.25) is 0 Å². The molecule has 0 fully saturated rings. The summed E-state index contributed by atoms with van der Waals surface area (Å²) in [6, 6.07) is 6.66. The Morgan fingerprint density at radius 2 is 2.11 bits per heavy atom. The molecule has 0 saturated carbocycles. The SMILES string of the molecule is Cc1nc(C)c(C(Cc2ccccc2F)NN)s1. The van der Waals surface area contributed by atoms with E-state index in [0.29, 0.717) is 12.0 Å². The molecule has 96 valence electrons. The number of aryl methyl sites for hydroxylation is 2. The van der Waals surface area contributed by atoms with Crippen molar-refractivity contribution in [1.82, 2.24) is 10.4 Å². The van der Waals surface area contributed by atoms with Crippen LogP contribution in [0.15, 0.2) is 24.3 Å². The average Bonchev–Trinajstić information content (AvgIpc) is 2.67. The smallest absolute Gasteiger partial charge is 0.126 e. The Kier molecular flexibility index (Phi) is 4.06. The Morgan fingerprint density at radius 3 is 2.67 bits per heavy atom. The predicted octanol–water partition coefficient (Wildman–Crippen LogP) is 2.65. The second kappa shape index (κ2) is 5.56. The fourth-order valence-corrected chi connectivity index (χ4v) is 2.97. The molecule has 1 aromatic heterocycles. The van der Waals surface area contributed by atoms with Crippen molar-refractivity contribution in [3.63, 3.8) is 0 Å². The zero-order chi connectivity index (χ0) is 13.1. The van der Waals surface area contributed by atoms with Crippen molar-refractivity contribution in [2.45, 2.75) is 26.3 Å². The van der Waals surface area contributed by atoms with Crippen molar-refractivity contribution < 1.29 is 4.39 Å². The standard InChI is InChI=1S/C13H16FN3S/c1-8-13(18-9(2)16-8)12(17-15)7-10-5-3-4-6-11(10)14/h3-6,12,17H,7,15H2,1-2H3. The van der Waals surface area contributed by atoms with Crippen LogP contribution in [0.3, 0.4) is 0 Å². The molecule has 0 saturated heterocycles. The van der Waals surface area contributed by atoms with Gasteiger partial charge in [-0.2, -0.15) is 0 Å². The van der Waals surface area contributed by atoms with Gasteiger partial charge in [0, 0.05) is 4.88 Å². The third kappa shape index (κ3) is 2.75. The van der Waals surface area contributed by atoms with Gasteiger partial charge in [-0.1, -0.05) is 18.2 Å². The van der Waals surface area contributed by atoms with Crippen LogP contribution >= 0.6 is 11.3 Å². The molecule has 1 aromatic carbocycles. The molecule has 0 spiro atoms. The molecule has 0 amide bonds. The lowest BCUT2D eigenvalue weighted by Gasteiger charge is -2.15. The summed E-state index contributed by atoms with van der Waals surface area (Å²) in [5.74, 6) is 5.39. The van der Waals surface area contributed by atoms with Gasteiger partial charge in [0.25, 0.3) is 0 Å². The second-order valence-electron chi connectivity index (χ2n) is 4.20. The fourth-order valence-electron chi connectivity index (χ4n) is 1.98. The van der Waals surface area contributed by atoms with Gasteiger partial charge in [0.05, 0.1) is 16.7 Å². The number of thiazole rings is 1. The molecule has 0 aliphatic carbocycles. The van der Waals surface area contributed by atoms with Crippen molar-refractivity contribution in [3.8, 4) is 0 Å². The summed E-state index contributed by atoms with van der Waals surface area (Å²) in [4.78, 5) is 5.44. The Labute approximate surface area is 110 Å². The van der Waals surface area contributed by atoms with Gasteiger partial charge in [0.1, 0.15) is 5.82 Å². The van der Waals surface area contributed by atoms with Crippen molar-refractivity contribution >= 4 is 11.3 Å². The van der Waals surface area contributed by atoms with Crippen LogP contribution in [0.5, 0.6) is 0 Å². The number of nitrogens with one attached hydrogen (secondary N) is 1. The maximum Gasteiger partial charge on any atom is 0.126 e. The summed E-state index contributed by atoms with van der Waals surface area (Å²) >= 11 is 1.60. The van der Waals surface area contributed by atoms with E-state index in [1.807, 2.05) is 19.9 Å². The summed E-state index contributed by atoms with van der Waals surface area (Å²) in [5.41, 5.74) is 4.37. The van der Waals surface area contributed by atoms with Crippen molar-refractivity contribution in [3.05, 3.63) is 51.2 Å². The normalized spacial score (nSPS) is 12.7. The molecule has 1 unspecified atom stereocenters. The Morgan fingerprint density at radius 1 is 1.39 bits per heavy atom. The molecule has 2 aromatic rings. The van der Waals surface area contributed by atoms with Crippen molar-refractivity contribution in [2.75, 3.05) is 0 Å². The number of hydrogen-bond acceptors (Lipinski definition) is 4. The molecular weight excluding hydrogens is 249 g/mol. The van der Waals surface area contributed by atoms with Crippen LogP contribution in [-0.4, -0.2) is 4.98 Å². The zero-order valence-corrected chi connectivity index (χ0v) is 11.2. The molecule has 1 heterocycles. The molecular formula is C13H16FN3S. The lowest BCUT2D eigenvalue weighted by Crippen LogP contribution is -2.29. The molecule has 2 rings (SSSR count). The highest BCUT2D eigenvalue weighted by molar-refractivity contribution is 7.11. The van der Waals surface area contributed by atoms with Gasteiger partial charge in [0.15, 0.2) is 0 Å². The zero-order valence-electron chi connectivity index (χ0n) is 10.4. The number of hydrazine groups is 1. The highest BCUT2D eigenvalue weighted by Crippen LogP contribution is 2.27. The first-order valence-corrected chi connectivity index (χ1v) is 6.57. The number of nitrogens with zero attached hydrogens (tertiary/aromatic N) is 1. The van der Waals surface area contributed by atoms with Gasteiger partial charge in [0.2, 0.25) is 0 Å². The van der Waals surface area contributed by atoms with Gasteiger partial charge in [-0.25, -0.2) is 9.37 Å². The highest BCUT2D eigenvalue weighted by Gasteiger charge is 2.18. The number of aromatic nitrogens is 1. The van der Waals surface area contributed by atoms with Crippen LogP contribution in [-0.2, 0) is 6.42 Å². The maximum absolute atomic E-state index is 13.6. The van der Waals surface area contributed by atoms with E-state index >= 15 is 0 Å². The van der Waals surface area contributed by atoms with Crippen LogP contribution < -0.4 is 11.3 Å². The minimum Gasteiger partial charge on any atom is -0.271 e. The van der Waals surface area contributed by atoms with Crippen LogP contribution in [0.25, 0.3) is 0 Å². The third-order valence-electron chi connectivity index (χ3n) is 2.84. The summed E-state index contributed by atoms with van der Waals surface area (Å²) < 4.78 is 13.6. The molecule has 3 N–H and O–H groups in total. The minimum atomic E-state index is -0.198. The quantitative estimate of drug-likeness (QED) is 0.660. The molecule has 1 atom stereocenters. The van der Waals surface area contributed by atoms with E-state index in [1.165, 1.54) is 6.07 Å².